The van der Waals surface area contributed by atoms with Crippen molar-refractivity contribution in [2.45, 2.75) is 52.9 Å². The zero-order valence-electron chi connectivity index (χ0n) is 15.0. The Morgan fingerprint density at radius 3 is 2.50 bits per heavy atom. The minimum Gasteiger partial charge on any atom is -0.369 e. The first-order valence-corrected chi connectivity index (χ1v) is 8.97. The summed E-state index contributed by atoms with van der Waals surface area (Å²) in [4.78, 5) is 24.2. The van der Waals surface area contributed by atoms with Crippen molar-refractivity contribution in [1.82, 2.24) is 0 Å². The molecule has 0 radical (unpaired) electrons. The molecule has 2 unspecified atom stereocenters. The first-order valence-electron chi connectivity index (χ1n) is 8.97. The number of aldehydes is 2. The lowest BCUT2D eigenvalue weighted by molar-refractivity contribution is 0.109. The Morgan fingerprint density at radius 1 is 1.25 bits per heavy atom. The molecule has 0 aromatic heterocycles. The second-order valence-electron chi connectivity index (χ2n) is 7.25. The molecule has 1 aliphatic heterocycles. The van der Waals surface area contributed by atoms with E-state index >= 15 is 0 Å². The minimum absolute atomic E-state index is 0.115. The number of rotatable bonds is 8. The Morgan fingerprint density at radius 2 is 1.92 bits per heavy atom. The van der Waals surface area contributed by atoms with Crippen LogP contribution in [-0.2, 0) is 0 Å². The average Bonchev–Trinajstić information content (AvgIpc) is 3.04. The van der Waals surface area contributed by atoms with Gasteiger partial charge in [-0.1, -0.05) is 33.6 Å². The highest BCUT2D eigenvalue weighted by molar-refractivity contribution is 5.91. The number of carbonyl (C=O) groups excluding carboxylic acids is 2. The van der Waals surface area contributed by atoms with Gasteiger partial charge in [0.1, 0.15) is 5.82 Å². The van der Waals surface area contributed by atoms with Gasteiger partial charge in [0.2, 0.25) is 0 Å². The molecule has 1 heterocycles. The molecule has 3 nitrogen and oxygen atoms in total. The van der Waals surface area contributed by atoms with Crippen molar-refractivity contribution in [3.8, 4) is 0 Å². The lowest BCUT2D eigenvalue weighted by atomic mass is 9.78. The molecule has 1 aliphatic rings. The van der Waals surface area contributed by atoms with Crippen LogP contribution in [0.4, 0.5) is 10.1 Å². The SMILES string of the molecule is CCC(C)CCC1(CC)CCN(c2cc(C=O)c(C=O)cc2F)C1. The van der Waals surface area contributed by atoms with Gasteiger partial charge in [0.05, 0.1) is 5.69 Å². The van der Waals surface area contributed by atoms with Gasteiger partial charge in [0, 0.05) is 24.2 Å². The van der Waals surface area contributed by atoms with E-state index in [9.17, 15) is 14.0 Å². The second-order valence-corrected chi connectivity index (χ2v) is 7.25. The molecule has 132 valence electrons. The predicted octanol–water partition coefficient (Wildman–Crippen LogP) is 4.88. The molecular weight excluding hydrogens is 305 g/mol. The third-order valence-corrected chi connectivity index (χ3v) is 5.80. The molecule has 2 atom stereocenters. The van der Waals surface area contributed by atoms with Crippen LogP contribution in [0.5, 0.6) is 0 Å². The van der Waals surface area contributed by atoms with Crippen molar-refractivity contribution >= 4 is 18.3 Å². The van der Waals surface area contributed by atoms with E-state index in [-0.39, 0.29) is 16.5 Å². The van der Waals surface area contributed by atoms with Crippen LogP contribution in [0.15, 0.2) is 12.1 Å². The van der Waals surface area contributed by atoms with Crippen molar-refractivity contribution in [1.29, 1.82) is 0 Å². The summed E-state index contributed by atoms with van der Waals surface area (Å²) in [6.07, 6.45) is 6.82. The van der Waals surface area contributed by atoms with Gasteiger partial charge >= 0.3 is 0 Å². The number of halogens is 1. The highest BCUT2D eigenvalue weighted by atomic mass is 19.1. The van der Waals surface area contributed by atoms with Gasteiger partial charge in [-0.15, -0.1) is 0 Å². The summed E-state index contributed by atoms with van der Waals surface area (Å²) in [6, 6.07) is 2.70. The number of benzene rings is 1. The Kier molecular flexibility index (Phi) is 6.14. The van der Waals surface area contributed by atoms with Crippen LogP contribution in [-0.4, -0.2) is 25.7 Å². The van der Waals surface area contributed by atoms with Crippen LogP contribution in [0, 0.1) is 17.2 Å². The summed E-state index contributed by atoms with van der Waals surface area (Å²) in [5.74, 6) is 0.296. The molecule has 1 aromatic carbocycles. The molecule has 0 amide bonds. The molecule has 24 heavy (non-hydrogen) atoms. The Bertz CT molecular complexity index is 602. The first-order chi connectivity index (χ1) is 11.5. The van der Waals surface area contributed by atoms with E-state index < -0.39 is 5.82 Å². The van der Waals surface area contributed by atoms with E-state index in [1.165, 1.54) is 25.0 Å². The highest BCUT2D eigenvalue weighted by Crippen LogP contribution is 2.42. The Labute approximate surface area is 144 Å². The molecule has 1 fully saturated rings. The smallest absolute Gasteiger partial charge is 0.150 e. The van der Waals surface area contributed by atoms with E-state index in [0.717, 1.165) is 32.4 Å². The highest BCUT2D eigenvalue weighted by Gasteiger charge is 2.37. The molecule has 2 rings (SSSR count). The summed E-state index contributed by atoms with van der Waals surface area (Å²) in [5, 5.41) is 0. The van der Waals surface area contributed by atoms with Gasteiger partial charge in [-0.3, -0.25) is 9.59 Å². The topological polar surface area (TPSA) is 37.4 Å². The maximum Gasteiger partial charge on any atom is 0.150 e. The summed E-state index contributed by atoms with van der Waals surface area (Å²) in [6.45, 7) is 8.32. The van der Waals surface area contributed by atoms with E-state index in [4.69, 9.17) is 0 Å². The largest absolute Gasteiger partial charge is 0.369 e. The molecule has 0 bridgehead atoms. The van der Waals surface area contributed by atoms with Crippen LogP contribution < -0.4 is 4.90 Å². The first kappa shape index (κ1) is 18.6. The van der Waals surface area contributed by atoms with Gasteiger partial charge in [-0.05, 0) is 42.7 Å². The molecule has 4 heteroatoms. The minimum atomic E-state index is -0.420. The quantitative estimate of drug-likeness (QED) is 0.636. The Balaban J connectivity index is 2.20. The monoisotopic (exact) mass is 333 g/mol. The summed E-state index contributed by atoms with van der Waals surface area (Å²) in [5.41, 5.74) is 1.04. The van der Waals surface area contributed by atoms with E-state index in [0.29, 0.717) is 24.2 Å². The summed E-state index contributed by atoms with van der Waals surface area (Å²) < 4.78 is 14.4. The molecular formula is C20H28FNO2. The van der Waals surface area contributed by atoms with E-state index in [2.05, 4.69) is 20.8 Å². The zero-order chi connectivity index (χ0) is 17.7. The zero-order valence-corrected chi connectivity index (χ0v) is 15.0. The van der Waals surface area contributed by atoms with Gasteiger partial charge in [0.25, 0.3) is 0 Å². The lowest BCUT2D eigenvalue weighted by Gasteiger charge is -2.30. The molecule has 1 saturated heterocycles. The number of carbonyl (C=O) groups is 2. The Hall–Kier alpha value is -1.71. The van der Waals surface area contributed by atoms with E-state index in [1.54, 1.807) is 0 Å². The van der Waals surface area contributed by atoms with Crippen molar-refractivity contribution in [2.75, 3.05) is 18.0 Å². The van der Waals surface area contributed by atoms with Gasteiger partial charge < -0.3 is 4.90 Å². The van der Waals surface area contributed by atoms with Gasteiger partial charge in [-0.2, -0.15) is 0 Å². The van der Waals surface area contributed by atoms with Crippen LogP contribution in [0.2, 0.25) is 0 Å². The molecule has 0 saturated carbocycles. The van der Waals surface area contributed by atoms with Crippen LogP contribution in [0.3, 0.4) is 0 Å². The molecule has 0 aliphatic carbocycles. The van der Waals surface area contributed by atoms with Crippen molar-refractivity contribution in [2.24, 2.45) is 11.3 Å². The predicted molar refractivity (Wildman–Crippen MR) is 95.4 cm³/mol. The summed E-state index contributed by atoms with van der Waals surface area (Å²) >= 11 is 0. The van der Waals surface area contributed by atoms with E-state index in [1.807, 2.05) is 4.90 Å². The fourth-order valence-electron chi connectivity index (χ4n) is 3.61. The third-order valence-electron chi connectivity index (χ3n) is 5.80. The second kappa shape index (κ2) is 7.91. The lowest BCUT2D eigenvalue weighted by Crippen LogP contribution is -2.28. The van der Waals surface area contributed by atoms with Crippen LogP contribution >= 0.6 is 0 Å². The van der Waals surface area contributed by atoms with Crippen molar-refractivity contribution in [3.63, 3.8) is 0 Å². The molecule has 0 spiro atoms. The number of anilines is 1. The molecule has 0 N–H and O–H groups in total. The van der Waals surface area contributed by atoms with Crippen LogP contribution in [0.1, 0.15) is 73.6 Å². The maximum atomic E-state index is 14.4. The third kappa shape index (κ3) is 3.85. The van der Waals surface area contributed by atoms with Crippen molar-refractivity contribution < 1.29 is 14.0 Å². The summed E-state index contributed by atoms with van der Waals surface area (Å²) in [7, 11) is 0. The number of hydrogen-bond acceptors (Lipinski definition) is 3. The number of nitrogens with zero attached hydrogens (tertiary/aromatic N) is 1. The van der Waals surface area contributed by atoms with Gasteiger partial charge in [0.15, 0.2) is 12.6 Å². The normalized spacial score (nSPS) is 21.8. The van der Waals surface area contributed by atoms with Crippen molar-refractivity contribution in [3.05, 3.63) is 29.1 Å². The fourth-order valence-corrected chi connectivity index (χ4v) is 3.61. The number of hydrogen-bond donors (Lipinski definition) is 0. The maximum absolute atomic E-state index is 14.4. The standard InChI is InChI=1S/C20H28FNO2/c1-4-15(3)6-7-20(5-2)8-9-22(14-20)19-11-17(13-24)16(12-23)10-18(19)21/h10-13,15H,4-9,14H2,1-3H3. The van der Waals surface area contributed by atoms with Crippen LogP contribution in [0.25, 0.3) is 0 Å². The van der Waals surface area contributed by atoms with Gasteiger partial charge in [-0.25, -0.2) is 4.39 Å². The fraction of sp³-hybridized carbons (Fsp3) is 0.600. The molecule has 1 aromatic rings. The average molecular weight is 333 g/mol.